The molecule has 0 spiro atoms. The van der Waals surface area contributed by atoms with Gasteiger partial charge in [0.2, 0.25) is 0 Å². The van der Waals surface area contributed by atoms with Crippen molar-refractivity contribution in [2.75, 3.05) is 5.75 Å². The number of hydrogen-bond acceptors (Lipinski definition) is 2. The second-order valence-electron chi connectivity index (χ2n) is 5.20. The first-order chi connectivity index (χ1) is 10.7. The first kappa shape index (κ1) is 14.9. The summed E-state index contributed by atoms with van der Waals surface area (Å²) in [6, 6.07) is 14.7. The van der Waals surface area contributed by atoms with Crippen molar-refractivity contribution in [3.8, 4) is 5.69 Å². The first-order valence-corrected chi connectivity index (χ1v) is 8.71. The van der Waals surface area contributed by atoms with E-state index in [1.54, 1.807) is 6.07 Å². The first-order valence-electron chi connectivity index (χ1n) is 7.39. The number of unbranched alkanes of at least 4 members (excludes halogenated alkanes) is 1. The zero-order chi connectivity index (χ0) is 15.5. The molecule has 0 amide bonds. The molecule has 0 aliphatic heterocycles. The third kappa shape index (κ3) is 2.82. The van der Waals surface area contributed by atoms with Gasteiger partial charge in [-0.3, -0.25) is 9.89 Å². The Morgan fingerprint density at radius 1 is 1.14 bits per heavy atom. The topological polar surface area (TPSA) is 60.9 Å². The average molecular weight is 314 g/mol. The lowest BCUT2D eigenvalue weighted by Crippen LogP contribution is -2.14. The van der Waals surface area contributed by atoms with Gasteiger partial charge in [-0.25, -0.2) is 4.68 Å². The van der Waals surface area contributed by atoms with Gasteiger partial charge in [-0.2, -0.15) is 0 Å². The number of nitrogens with one attached hydrogen (secondary N) is 1. The summed E-state index contributed by atoms with van der Waals surface area (Å²) in [7, 11) is 0. The van der Waals surface area contributed by atoms with Crippen LogP contribution in [0.4, 0.5) is 0 Å². The van der Waals surface area contributed by atoms with E-state index in [1.165, 1.54) is 4.68 Å². The van der Waals surface area contributed by atoms with Crippen molar-refractivity contribution >= 4 is 22.1 Å². The van der Waals surface area contributed by atoms with Crippen LogP contribution in [0.25, 0.3) is 16.6 Å². The fourth-order valence-electron chi connectivity index (χ4n) is 2.38. The summed E-state index contributed by atoms with van der Waals surface area (Å²) in [5, 5.41) is 3.76. The van der Waals surface area contributed by atoms with Crippen LogP contribution >= 0.6 is 0 Å². The molecule has 0 saturated carbocycles. The van der Waals surface area contributed by atoms with Crippen molar-refractivity contribution in [1.82, 2.24) is 9.78 Å². The van der Waals surface area contributed by atoms with Crippen molar-refractivity contribution in [3.63, 3.8) is 0 Å². The van der Waals surface area contributed by atoms with E-state index in [-0.39, 0.29) is 5.56 Å². The van der Waals surface area contributed by atoms with Crippen LogP contribution in [0.3, 0.4) is 0 Å². The Morgan fingerprint density at radius 3 is 2.55 bits per heavy atom. The number of benzene rings is 2. The SMILES string of the molecule is CCCC[S+]([O-])c1ccc(-n2[nH]c3ccccc3c2=O)cc1. The number of nitrogens with zero attached hydrogens (tertiary/aromatic N) is 1. The van der Waals surface area contributed by atoms with Gasteiger partial charge >= 0.3 is 0 Å². The second-order valence-corrected chi connectivity index (χ2v) is 6.77. The van der Waals surface area contributed by atoms with E-state index in [2.05, 4.69) is 12.0 Å². The third-order valence-electron chi connectivity index (χ3n) is 3.63. The van der Waals surface area contributed by atoms with Crippen molar-refractivity contribution < 1.29 is 4.55 Å². The highest BCUT2D eigenvalue weighted by Gasteiger charge is 2.12. The van der Waals surface area contributed by atoms with Gasteiger partial charge in [0.25, 0.3) is 5.56 Å². The highest BCUT2D eigenvalue weighted by Crippen LogP contribution is 2.16. The fraction of sp³-hybridized carbons (Fsp3) is 0.235. The van der Waals surface area contributed by atoms with Crippen LogP contribution in [-0.2, 0) is 11.2 Å². The van der Waals surface area contributed by atoms with Crippen LogP contribution in [0.5, 0.6) is 0 Å². The van der Waals surface area contributed by atoms with Crippen LogP contribution in [-0.4, -0.2) is 20.1 Å². The molecule has 1 heterocycles. The van der Waals surface area contributed by atoms with Crippen LogP contribution < -0.4 is 5.56 Å². The number of H-pyrrole nitrogens is 1. The largest absolute Gasteiger partial charge is 0.611 e. The number of fused-ring (bicyclic) bond motifs is 1. The molecule has 1 aromatic heterocycles. The molecule has 0 fully saturated rings. The highest BCUT2D eigenvalue weighted by atomic mass is 32.2. The van der Waals surface area contributed by atoms with Gasteiger partial charge in [-0.1, -0.05) is 25.5 Å². The molecule has 114 valence electrons. The summed E-state index contributed by atoms with van der Waals surface area (Å²) in [4.78, 5) is 13.2. The van der Waals surface area contributed by atoms with Gasteiger partial charge in [0.05, 0.1) is 16.6 Å². The number of para-hydroxylation sites is 1. The average Bonchev–Trinajstić information content (AvgIpc) is 2.90. The number of hydrogen-bond donors (Lipinski definition) is 1. The van der Waals surface area contributed by atoms with Gasteiger partial charge in [0.15, 0.2) is 4.90 Å². The summed E-state index contributed by atoms with van der Waals surface area (Å²) in [6.07, 6.45) is 1.99. The molecule has 1 atom stereocenters. The van der Waals surface area contributed by atoms with E-state index >= 15 is 0 Å². The molecule has 2 aromatic carbocycles. The summed E-state index contributed by atoms with van der Waals surface area (Å²) in [5.74, 6) is 0.683. The second kappa shape index (κ2) is 6.42. The molecule has 22 heavy (non-hydrogen) atoms. The van der Waals surface area contributed by atoms with Crippen molar-refractivity contribution in [2.24, 2.45) is 0 Å². The highest BCUT2D eigenvalue weighted by molar-refractivity contribution is 7.91. The fourth-order valence-corrected chi connectivity index (χ4v) is 3.61. The summed E-state index contributed by atoms with van der Waals surface area (Å²) >= 11 is -0.966. The van der Waals surface area contributed by atoms with E-state index in [4.69, 9.17) is 0 Å². The summed E-state index contributed by atoms with van der Waals surface area (Å²) in [5.41, 5.74) is 1.48. The van der Waals surface area contributed by atoms with Crippen LogP contribution in [0.2, 0.25) is 0 Å². The van der Waals surface area contributed by atoms with Crippen LogP contribution in [0.1, 0.15) is 19.8 Å². The van der Waals surface area contributed by atoms with Crippen LogP contribution in [0.15, 0.2) is 58.2 Å². The normalized spacial score (nSPS) is 12.6. The lowest BCUT2D eigenvalue weighted by Gasteiger charge is -2.10. The van der Waals surface area contributed by atoms with E-state index < -0.39 is 11.2 Å². The Bertz CT molecular complexity index is 821. The van der Waals surface area contributed by atoms with Crippen molar-refractivity contribution in [2.45, 2.75) is 24.7 Å². The number of aromatic amines is 1. The maximum absolute atomic E-state index is 12.4. The minimum Gasteiger partial charge on any atom is -0.611 e. The Hall–Kier alpha value is -1.98. The van der Waals surface area contributed by atoms with Gasteiger partial charge in [-0.15, -0.1) is 0 Å². The number of rotatable bonds is 5. The van der Waals surface area contributed by atoms with E-state index in [0.717, 1.165) is 28.9 Å². The third-order valence-corrected chi connectivity index (χ3v) is 5.09. The molecular formula is C17H18N2O2S. The van der Waals surface area contributed by atoms with Crippen molar-refractivity contribution in [3.05, 3.63) is 58.9 Å². The van der Waals surface area contributed by atoms with Crippen molar-refractivity contribution in [1.29, 1.82) is 0 Å². The molecule has 4 nitrogen and oxygen atoms in total. The van der Waals surface area contributed by atoms with E-state index in [1.807, 2.05) is 42.5 Å². The Morgan fingerprint density at radius 2 is 1.86 bits per heavy atom. The minimum atomic E-state index is -0.966. The Kier molecular flexibility index (Phi) is 4.36. The molecule has 1 unspecified atom stereocenters. The maximum Gasteiger partial charge on any atom is 0.279 e. The maximum atomic E-state index is 12.4. The molecule has 0 radical (unpaired) electrons. The molecule has 1 N–H and O–H groups in total. The predicted octanol–water partition coefficient (Wildman–Crippen LogP) is 3.23. The van der Waals surface area contributed by atoms with Crippen LogP contribution in [0, 0.1) is 0 Å². The molecule has 3 aromatic rings. The Labute approximate surface area is 131 Å². The van der Waals surface area contributed by atoms with Gasteiger partial charge in [0.1, 0.15) is 5.75 Å². The monoisotopic (exact) mass is 314 g/mol. The lowest BCUT2D eigenvalue weighted by molar-refractivity contribution is 0.591. The molecule has 3 rings (SSSR count). The summed E-state index contributed by atoms with van der Waals surface area (Å²) < 4.78 is 13.6. The van der Waals surface area contributed by atoms with Gasteiger partial charge in [0, 0.05) is 0 Å². The molecule has 0 saturated heterocycles. The predicted molar refractivity (Wildman–Crippen MR) is 90.1 cm³/mol. The Balaban J connectivity index is 1.91. The zero-order valence-corrected chi connectivity index (χ0v) is 13.2. The molecule has 5 heteroatoms. The molecule has 0 aliphatic rings. The quantitative estimate of drug-likeness (QED) is 0.735. The van der Waals surface area contributed by atoms with E-state index in [9.17, 15) is 9.35 Å². The standard InChI is InChI=1S/C17H18N2O2S/c1-2-3-12-22(21)14-10-8-13(9-11-14)19-17(20)15-6-4-5-7-16(15)18-19/h4-11,18H,2-3,12H2,1H3. The lowest BCUT2D eigenvalue weighted by atomic mass is 10.2. The molecular weight excluding hydrogens is 296 g/mol. The van der Waals surface area contributed by atoms with Gasteiger partial charge < -0.3 is 4.55 Å². The number of aromatic nitrogens is 2. The smallest absolute Gasteiger partial charge is 0.279 e. The minimum absolute atomic E-state index is 0.0737. The summed E-state index contributed by atoms with van der Waals surface area (Å²) in [6.45, 7) is 2.09. The van der Waals surface area contributed by atoms with E-state index in [0.29, 0.717) is 11.1 Å². The molecule has 0 bridgehead atoms. The zero-order valence-electron chi connectivity index (χ0n) is 12.4. The van der Waals surface area contributed by atoms with Gasteiger partial charge in [-0.05, 0) is 54.0 Å². The molecule has 0 aliphatic carbocycles.